The molecule has 1 amide bonds. The summed E-state index contributed by atoms with van der Waals surface area (Å²) < 4.78 is 36.2. The van der Waals surface area contributed by atoms with Gasteiger partial charge in [-0.25, -0.2) is 13.2 Å². The SMILES string of the molecule is O=C(CNCC(F)F)Nc1cccc(F)c1. The van der Waals surface area contributed by atoms with Crippen molar-refractivity contribution < 1.29 is 18.0 Å². The monoisotopic (exact) mass is 232 g/mol. The summed E-state index contributed by atoms with van der Waals surface area (Å²) in [7, 11) is 0. The summed E-state index contributed by atoms with van der Waals surface area (Å²) in [6.45, 7) is -0.780. The molecular weight excluding hydrogens is 221 g/mol. The van der Waals surface area contributed by atoms with Crippen LogP contribution >= 0.6 is 0 Å². The predicted octanol–water partition coefficient (Wildman–Crippen LogP) is 1.62. The zero-order valence-corrected chi connectivity index (χ0v) is 8.34. The first kappa shape index (κ1) is 12.5. The Kier molecular flexibility index (Phi) is 4.78. The Hall–Kier alpha value is -1.56. The van der Waals surface area contributed by atoms with Crippen LogP contribution in [0.3, 0.4) is 0 Å². The molecule has 0 spiro atoms. The van der Waals surface area contributed by atoms with Gasteiger partial charge >= 0.3 is 0 Å². The highest BCUT2D eigenvalue weighted by Crippen LogP contribution is 2.08. The topological polar surface area (TPSA) is 41.1 Å². The number of carbonyl (C=O) groups excluding carboxylic acids is 1. The lowest BCUT2D eigenvalue weighted by molar-refractivity contribution is -0.115. The fraction of sp³-hybridized carbons (Fsp3) is 0.300. The Morgan fingerprint density at radius 3 is 2.75 bits per heavy atom. The van der Waals surface area contributed by atoms with Gasteiger partial charge in [-0.2, -0.15) is 0 Å². The number of alkyl halides is 2. The molecule has 0 aliphatic carbocycles. The van der Waals surface area contributed by atoms with E-state index in [0.717, 1.165) is 6.07 Å². The number of benzene rings is 1. The second-order valence-corrected chi connectivity index (χ2v) is 3.08. The maximum absolute atomic E-state index is 12.7. The van der Waals surface area contributed by atoms with Gasteiger partial charge in [0.15, 0.2) is 0 Å². The Balaban J connectivity index is 2.34. The molecule has 88 valence electrons. The Bertz CT molecular complexity index is 358. The molecule has 0 atom stereocenters. The summed E-state index contributed by atoms with van der Waals surface area (Å²) in [4.78, 5) is 11.2. The number of nitrogens with one attached hydrogen (secondary N) is 2. The molecule has 1 aromatic rings. The molecule has 0 aliphatic rings. The highest BCUT2D eigenvalue weighted by atomic mass is 19.3. The maximum Gasteiger partial charge on any atom is 0.250 e. The van der Waals surface area contributed by atoms with Crippen molar-refractivity contribution in [1.29, 1.82) is 0 Å². The number of carbonyl (C=O) groups is 1. The van der Waals surface area contributed by atoms with E-state index >= 15 is 0 Å². The average molecular weight is 232 g/mol. The lowest BCUT2D eigenvalue weighted by Crippen LogP contribution is -2.31. The molecule has 0 saturated heterocycles. The molecule has 1 rings (SSSR count). The van der Waals surface area contributed by atoms with Crippen LogP contribution < -0.4 is 10.6 Å². The molecule has 0 aliphatic heterocycles. The third-order valence-corrected chi connectivity index (χ3v) is 1.69. The summed E-state index contributed by atoms with van der Waals surface area (Å²) in [5, 5.41) is 4.63. The number of rotatable bonds is 5. The van der Waals surface area contributed by atoms with Crippen LogP contribution in [0.1, 0.15) is 0 Å². The van der Waals surface area contributed by atoms with Gasteiger partial charge in [0, 0.05) is 5.69 Å². The molecule has 1 aromatic carbocycles. The first-order valence-electron chi connectivity index (χ1n) is 4.62. The Morgan fingerprint density at radius 1 is 1.38 bits per heavy atom. The number of halogens is 3. The lowest BCUT2D eigenvalue weighted by Gasteiger charge is -2.06. The van der Waals surface area contributed by atoms with Crippen molar-refractivity contribution in [1.82, 2.24) is 5.32 Å². The van der Waals surface area contributed by atoms with Crippen LogP contribution in [-0.2, 0) is 4.79 Å². The minimum Gasteiger partial charge on any atom is -0.325 e. The average Bonchev–Trinajstić information content (AvgIpc) is 2.16. The minimum absolute atomic E-state index is 0.235. The second kappa shape index (κ2) is 6.12. The van der Waals surface area contributed by atoms with E-state index in [1.807, 2.05) is 0 Å². The van der Waals surface area contributed by atoms with E-state index in [2.05, 4.69) is 10.6 Å². The van der Waals surface area contributed by atoms with Crippen LogP contribution in [0.5, 0.6) is 0 Å². The van der Waals surface area contributed by atoms with Gasteiger partial charge in [0.25, 0.3) is 6.43 Å². The van der Waals surface area contributed by atoms with E-state index in [-0.39, 0.29) is 6.54 Å². The molecule has 0 fully saturated rings. The van der Waals surface area contributed by atoms with Crippen molar-refractivity contribution in [3.05, 3.63) is 30.1 Å². The summed E-state index contributed by atoms with van der Waals surface area (Å²) in [6.07, 6.45) is -2.50. The highest BCUT2D eigenvalue weighted by Gasteiger charge is 2.05. The smallest absolute Gasteiger partial charge is 0.250 e. The Morgan fingerprint density at radius 2 is 2.12 bits per heavy atom. The van der Waals surface area contributed by atoms with Gasteiger partial charge in [-0.05, 0) is 18.2 Å². The maximum atomic E-state index is 12.7. The van der Waals surface area contributed by atoms with Gasteiger partial charge in [-0.1, -0.05) is 6.07 Å². The summed E-state index contributed by atoms with van der Waals surface area (Å²) in [5.74, 6) is -0.968. The third-order valence-electron chi connectivity index (χ3n) is 1.69. The zero-order valence-electron chi connectivity index (χ0n) is 8.34. The standard InChI is InChI=1S/C10H11F3N2O/c11-7-2-1-3-8(4-7)15-10(16)6-14-5-9(12)13/h1-4,9,14H,5-6H2,(H,15,16). The molecule has 0 bridgehead atoms. The fourth-order valence-corrected chi connectivity index (χ4v) is 1.07. The van der Waals surface area contributed by atoms with Crippen molar-refractivity contribution in [3.8, 4) is 0 Å². The van der Waals surface area contributed by atoms with Crippen LogP contribution in [0.25, 0.3) is 0 Å². The molecule has 0 heterocycles. The van der Waals surface area contributed by atoms with Crippen molar-refractivity contribution in [2.45, 2.75) is 6.43 Å². The van der Waals surface area contributed by atoms with E-state index in [9.17, 15) is 18.0 Å². The van der Waals surface area contributed by atoms with Crippen molar-refractivity contribution in [2.24, 2.45) is 0 Å². The van der Waals surface area contributed by atoms with Crippen molar-refractivity contribution in [3.63, 3.8) is 0 Å². The Labute approximate surface area is 90.6 Å². The van der Waals surface area contributed by atoms with Crippen LogP contribution in [0.4, 0.5) is 18.9 Å². The zero-order chi connectivity index (χ0) is 12.0. The molecule has 6 heteroatoms. The third kappa shape index (κ3) is 4.79. The molecule has 0 unspecified atom stereocenters. The van der Waals surface area contributed by atoms with Crippen LogP contribution in [0.2, 0.25) is 0 Å². The van der Waals surface area contributed by atoms with Gasteiger partial charge < -0.3 is 10.6 Å². The predicted molar refractivity (Wildman–Crippen MR) is 53.9 cm³/mol. The number of anilines is 1. The fourth-order valence-electron chi connectivity index (χ4n) is 1.07. The summed E-state index contributed by atoms with van der Waals surface area (Å²) in [5.41, 5.74) is 0.295. The molecule has 16 heavy (non-hydrogen) atoms. The number of amides is 1. The molecule has 2 N–H and O–H groups in total. The van der Waals surface area contributed by atoms with Gasteiger partial charge in [-0.15, -0.1) is 0 Å². The molecule has 0 aromatic heterocycles. The van der Waals surface area contributed by atoms with Crippen LogP contribution in [-0.4, -0.2) is 25.4 Å². The molecule has 3 nitrogen and oxygen atoms in total. The van der Waals surface area contributed by atoms with E-state index < -0.39 is 24.7 Å². The first-order chi connectivity index (χ1) is 7.58. The van der Waals surface area contributed by atoms with Gasteiger partial charge in [-0.3, -0.25) is 4.79 Å². The number of hydrogen-bond donors (Lipinski definition) is 2. The highest BCUT2D eigenvalue weighted by molar-refractivity contribution is 5.92. The van der Waals surface area contributed by atoms with E-state index in [4.69, 9.17) is 0 Å². The second-order valence-electron chi connectivity index (χ2n) is 3.08. The van der Waals surface area contributed by atoms with Gasteiger partial charge in [0.1, 0.15) is 5.82 Å². The van der Waals surface area contributed by atoms with Gasteiger partial charge in [0.2, 0.25) is 5.91 Å². The quantitative estimate of drug-likeness (QED) is 0.810. The largest absolute Gasteiger partial charge is 0.325 e. The summed E-state index contributed by atoms with van der Waals surface area (Å²) in [6, 6.07) is 5.33. The number of hydrogen-bond acceptors (Lipinski definition) is 2. The van der Waals surface area contributed by atoms with Gasteiger partial charge in [0.05, 0.1) is 13.1 Å². The van der Waals surface area contributed by atoms with E-state index in [0.29, 0.717) is 5.69 Å². The minimum atomic E-state index is -2.50. The van der Waals surface area contributed by atoms with Crippen molar-refractivity contribution >= 4 is 11.6 Å². The molecular formula is C10H11F3N2O. The first-order valence-corrected chi connectivity index (χ1v) is 4.62. The lowest BCUT2D eigenvalue weighted by atomic mass is 10.3. The molecule has 0 radical (unpaired) electrons. The normalized spacial score (nSPS) is 10.5. The van der Waals surface area contributed by atoms with E-state index in [1.54, 1.807) is 0 Å². The van der Waals surface area contributed by atoms with Crippen LogP contribution in [0, 0.1) is 5.82 Å². The molecule has 0 saturated carbocycles. The van der Waals surface area contributed by atoms with Crippen LogP contribution in [0.15, 0.2) is 24.3 Å². The van der Waals surface area contributed by atoms with E-state index in [1.165, 1.54) is 18.2 Å². The van der Waals surface area contributed by atoms with Crippen molar-refractivity contribution in [2.75, 3.05) is 18.4 Å². The summed E-state index contributed by atoms with van der Waals surface area (Å²) >= 11 is 0.